The van der Waals surface area contributed by atoms with Gasteiger partial charge >= 0.3 is 12.1 Å². The second kappa shape index (κ2) is 9.42. The Hall–Kier alpha value is -3.35. The lowest BCUT2D eigenvalue weighted by molar-refractivity contribution is -0.138. The van der Waals surface area contributed by atoms with Crippen molar-refractivity contribution in [2.24, 2.45) is 11.8 Å². The van der Waals surface area contributed by atoms with Crippen molar-refractivity contribution in [2.45, 2.75) is 25.7 Å². The van der Waals surface area contributed by atoms with Gasteiger partial charge in [-0.25, -0.2) is 4.79 Å². The zero-order chi connectivity index (χ0) is 22.7. The van der Waals surface area contributed by atoms with E-state index in [0.717, 1.165) is 11.1 Å². The van der Waals surface area contributed by atoms with E-state index >= 15 is 0 Å². The Morgan fingerprint density at radius 3 is 2.28 bits per heavy atom. The van der Waals surface area contributed by atoms with Gasteiger partial charge in [-0.1, -0.05) is 48.5 Å². The van der Waals surface area contributed by atoms with Crippen molar-refractivity contribution in [2.75, 3.05) is 26.2 Å². The van der Waals surface area contributed by atoms with Gasteiger partial charge in [0.15, 0.2) is 0 Å². The molecule has 0 aromatic heterocycles. The molecule has 0 unspecified atom stereocenters. The number of alkyl carbamates (subject to hydrolysis) is 1. The number of amides is 2. The van der Waals surface area contributed by atoms with Gasteiger partial charge in [-0.05, 0) is 41.5 Å². The number of carbonyl (C=O) groups is 3. The molecule has 1 saturated carbocycles. The van der Waals surface area contributed by atoms with Crippen molar-refractivity contribution in [3.05, 3.63) is 59.7 Å². The molecule has 0 aliphatic heterocycles. The molecule has 2 atom stereocenters. The average Bonchev–Trinajstić information content (AvgIpc) is 3.51. The minimum atomic E-state index is -0.916. The lowest BCUT2D eigenvalue weighted by atomic mass is 9.98. The molecular weight excluding hydrogens is 408 g/mol. The minimum Gasteiger partial charge on any atom is -0.481 e. The maximum atomic E-state index is 12.5. The quantitative estimate of drug-likeness (QED) is 0.627. The Balaban J connectivity index is 1.25. The van der Waals surface area contributed by atoms with E-state index in [1.165, 1.54) is 11.1 Å². The number of aliphatic carboxylic acids is 1. The van der Waals surface area contributed by atoms with Crippen LogP contribution >= 0.6 is 0 Å². The number of carboxylic acid groups (broad SMARTS) is 1. The summed E-state index contributed by atoms with van der Waals surface area (Å²) in [5.74, 6) is -1.02. The number of hydrogen-bond donors (Lipinski definition) is 2. The molecule has 0 spiro atoms. The summed E-state index contributed by atoms with van der Waals surface area (Å²) in [7, 11) is 0. The highest BCUT2D eigenvalue weighted by Crippen LogP contribution is 2.44. The summed E-state index contributed by atoms with van der Waals surface area (Å²) >= 11 is 0. The van der Waals surface area contributed by atoms with E-state index in [9.17, 15) is 14.4 Å². The number of carboxylic acids is 1. The van der Waals surface area contributed by atoms with Crippen LogP contribution in [-0.4, -0.2) is 54.2 Å². The van der Waals surface area contributed by atoms with Crippen LogP contribution < -0.4 is 5.32 Å². The van der Waals surface area contributed by atoms with Gasteiger partial charge < -0.3 is 20.1 Å². The van der Waals surface area contributed by atoms with Gasteiger partial charge in [0.1, 0.15) is 6.61 Å². The maximum Gasteiger partial charge on any atom is 0.407 e. The second-order valence-electron chi connectivity index (χ2n) is 8.37. The van der Waals surface area contributed by atoms with Crippen LogP contribution in [0.3, 0.4) is 0 Å². The standard InChI is InChI=1S/C25H28N2O5/c1-2-27(12-11-23(28)29)24(30)21-13-16(21)14-26-25(31)32-15-22-19-9-5-3-7-17(19)18-8-4-6-10-20(18)22/h3-10,16,21-22H,2,11-15H2,1H3,(H,26,31)(H,28,29)/t16-,21-/m0/s1. The van der Waals surface area contributed by atoms with E-state index in [-0.39, 0.29) is 43.2 Å². The number of fused-ring (bicyclic) bond motifs is 3. The van der Waals surface area contributed by atoms with Gasteiger partial charge in [-0.2, -0.15) is 0 Å². The highest BCUT2D eigenvalue weighted by Gasteiger charge is 2.44. The molecule has 168 valence electrons. The van der Waals surface area contributed by atoms with E-state index < -0.39 is 12.1 Å². The predicted molar refractivity (Wildman–Crippen MR) is 119 cm³/mol. The predicted octanol–water partition coefficient (Wildman–Crippen LogP) is 3.48. The Bertz CT molecular complexity index is 975. The molecule has 0 bridgehead atoms. The molecule has 2 N–H and O–H groups in total. The first kappa shape index (κ1) is 21.9. The molecule has 0 radical (unpaired) electrons. The van der Waals surface area contributed by atoms with Gasteiger partial charge in [0.25, 0.3) is 0 Å². The summed E-state index contributed by atoms with van der Waals surface area (Å²) in [6, 6.07) is 16.4. The SMILES string of the molecule is CCN(CCC(=O)O)C(=O)[C@H]1C[C@H]1CNC(=O)OCC1c2ccccc2-c2ccccc21. The molecule has 2 aromatic rings. The molecule has 2 aromatic carbocycles. The van der Waals surface area contributed by atoms with Crippen molar-refractivity contribution in [3.8, 4) is 11.1 Å². The fraction of sp³-hybridized carbons (Fsp3) is 0.400. The first-order chi connectivity index (χ1) is 15.5. The normalized spacial score (nSPS) is 18.4. The van der Waals surface area contributed by atoms with Crippen molar-refractivity contribution in [1.29, 1.82) is 0 Å². The topological polar surface area (TPSA) is 95.9 Å². The van der Waals surface area contributed by atoms with Crippen LogP contribution in [0.4, 0.5) is 4.79 Å². The molecule has 1 fully saturated rings. The van der Waals surface area contributed by atoms with Gasteiger partial charge in [0, 0.05) is 31.5 Å². The summed E-state index contributed by atoms with van der Waals surface area (Å²) in [5.41, 5.74) is 4.69. The van der Waals surface area contributed by atoms with E-state index in [1.54, 1.807) is 4.90 Å². The molecule has 0 saturated heterocycles. The summed E-state index contributed by atoms with van der Waals surface area (Å²) < 4.78 is 5.54. The molecule has 4 rings (SSSR count). The first-order valence-electron chi connectivity index (χ1n) is 11.1. The number of benzene rings is 2. The van der Waals surface area contributed by atoms with Gasteiger partial charge in [-0.15, -0.1) is 0 Å². The Labute approximate surface area is 187 Å². The minimum absolute atomic E-state index is 0.00995. The van der Waals surface area contributed by atoms with Crippen LogP contribution in [-0.2, 0) is 14.3 Å². The van der Waals surface area contributed by atoms with Crippen molar-refractivity contribution < 1.29 is 24.2 Å². The Kier molecular flexibility index (Phi) is 6.44. The van der Waals surface area contributed by atoms with Crippen LogP contribution in [0.5, 0.6) is 0 Å². The van der Waals surface area contributed by atoms with E-state index in [1.807, 2.05) is 31.2 Å². The van der Waals surface area contributed by atoms with E-state index in [4.69, 9.17) is 9.84 Å². The smallest absolute Gasteiger partial charge is 0.407 e. The molecule has 32 heavy (non-hydrogen) atoms. The fourth-order valence-electron chi connectivity index (χ4n) is 4.53. The van der Waals surface area contributed by atoms with Crippen molar-refractivity contribution in [1.82, 2.24) is 10.2 Å². The highest BCUT2D eigenvalue weighted by molar-refractivity contribution is 5.82. The number of rotatable bonds is 9. The molecule has 7 nitrogen and oxygen atoms in total. The van der Waals surface area contributed by atoms with Gasteiger partial charge in [-0.3, -0.25) is 9.59 Å². The number of carbonyl (C=O) groups excluding carboxylic acids is 2. The third-order valence-electron chi connectivity index (χ3n) is 6.38. The van der Waals surface area contributed by atoms with Crippen LogP contribution in [0.15, 0.2) is 48.5 Å². The molecule has 7 heteroatoms. The third-order valence-corrected chi connectivity index (χ3v) is 6.38. The molecular formula is C25H28N2O5. The summed E-state index contributed by atoms with van der Waals surface area (Å²) in [5, 5.41) is 11.6. The monoisotopic (exact) mass is 436 g/mol. The fourth-order valence-corrected chi connectivity index (χ4v) is 4.53. The number of nitrogens with zero attached hydrogens (tertiary/aromatic N) is 1. The van der Waals surface area contributed by atoms with Crippen LogP contribution in [0.1, 0.15) is 36.8 Å². The lowest BCUT2D eigenvalue weighted by Crippen LogP contribution is -2.35. The second-order valence-corrected chi connectivity index (χ2v) is 8.37. The van der Waals surface area contributed by atoms with Gasteiger partial charge in [0.2, 0.25) is 5.91 Å². The van der Waals surface area contributed by atoms with Crippen LogP contribution in [0.25, 0.3) is 11.1 Å². The Morgan fingerprint density at radius 1 is 1.06 bits per heavy atom. The molecule has 2 aliphatic rings. The number of nitrogens with one attached hydrogen (secondary N) is 1. The van der Waals surface area contributed by atoms with Crippen LogP contribution in [0, 0.1) is 11.8 Å². The molecule has 2 aliphatic carbocycles. The Morgan fingerprint density at radius 2 is 1.69 bits per heavy atom. The molecule has 0 heterocycles. The number of ether oxygens (including phenoxy) is 1. The third kappa shape index (κ3) is 4.61. The first-order valence-corrected chi connectivity index (χ1v) is 11.1. The van der Waals surface area contributed by atoms with Crippen molar-refractivity contribution >= 4 is 18.0 Å². The van der Waals surface area contributed by atoms with E-state index in [0.29, 0.717) is 19.5 Å². The van der Waals surface area contributed by atoms with Gasteiger partial charge in [0.05, 0.1) is 6.42 Å². The zero-order valence-corrected chi connectivity index (χ0v) is 18.1. The summed E-state index contributed by atoms with van der Waals surface area (Å²) in [6.07, 6.45) is 0.157. The summed E-state index contributed by atoms with van der Waals surface area (Å²) in [4.78, 5) is 37.2. The average molecular weight is 437 g/mol. The van der Waals surface area contributed by atoms with E-state index in [2.05, 4.69) is 29.6 Å². The number of hydrogen-bond acceptors (Lipinski definition) is 4. The zero-order valence-electron chi connectivity index (χ0n) is 18.1. The van der Waals surface area contributed by atoms with Crippen LogP contribution in [0.2, 0.25) is 0 Å². The highest BCUT2D eigenvalue weighted by atomic mass is 16.5. The molecule has 2 amide bonds. The maximum absolute atomic E-state index is 12.5. The van der Waals surface area contributed by atoms with Crippen molar-refractivity contribution in [3.63, 3.8) is 0 Å². The lowest BCUT2D eigenvalue weighted by Gasteiger charge is -2.20. The largest absolute Gasteiger partial charge is 0.481 e. The summed E-state index contributed by atoms with van der Waals surface area (Å²) in [6.45, 7) is 3.17.